The lowest BCUT2D eigenvalue weighted by molar-refractivity contribution is -0.124. The second kappa shape index (κ2) is 6.22. The van der Waals surface area contributed by atoms with Crippen LogP contribution in [-0.2, 0) is 14.6 Å². The maximum Gasteiger partial charge on any atom is 0.224 e. The summed E-state index contributed by atoms with van der Waals surface area (Å²) in [6.45, 7) is 5.97. The van der Waals surface area contributed by atoms with Gasteiger partial charge in [0.2, 0.25) is 5.91 Å². The lowest BCUT2D eigenvalue weighted by atomic mass is 10.0. The second-order valence-electron chi connectivity index (χ2n) is 5.94. The van der Waals surface area contributed by atoms with Crippen LogP contribution in [0.1, 0.15) is 26.2 Å². The first-order valence-electron chi connectivity index (χ1n) is 7.17. The molecule has 1 amide bonds. The lowest BCUT2D eigenvalue weighted by Gasteiger charge is -2.30. The molecule has 0 unspecified atom stereocenters. The molecule has 0 aromatic heterocycles. The van der Waals surface area contributed by atoms with Gasteiger partial charge in [0, 0.05) is 19.6 Å². The smallest absolute Gasteiger partial charge is 0.224 e. The van der Waals surface area contributed by atoms with Gasteiger partial charge in [0.1, 0.15) is 0 Å². The third kappa shape index (κ3) is 4.45. The molecule has 0 aliphatic carbocycles. The minimum atomic E-state index is -2.96. The van der Waals surface area contributed by atoms with E-state index in [-0.39, 0.29) is 23.3 Å². The summed E-state index contributed by atoms with van der Waals surface area (Å²) in [5, 5.41) is 2.88. The predicted molar refractivity (Wildman–Crippen MR) is 74.6 cm³/mol. The average molecular weight is 288 g/mol. The summed E-state index contributed by atoms with van der Waals surface area (Å²) in [4.78, 5) is 14.2. The first-order chi connectivity index (χ1) is 8.96. The fourth-order valence-electron chi connectivity index (χ4n) is 2.97. The molecule has 2 aliphatic heterocycles. The minimum Gasteiger partial charge on any atom is -0.355 e. The number of carbonyl (C=O) groups excluding carboxylic acids is 1. The molecule has 0 aromatic rings. The number of hydrogen-bond donors (Lipinski definition) is 1. The summed E-state index contributed by atoms with van der Waals surface area (Å²) in [5.41, 5.74) is 0. The van der Waals surface area contributed by atoms with Crippen LogP contribution in [0.2, 0.25) is 0 Å². The standard InChI is InChI=1S/C13H24N2O3S/c1-11-3-2-6-15(9-11)7-5-14-13(16)12-4-8-19(17,18)10-12/h11-12H,2-10H2,1H3,(H,14,16)/t11-,12+/m0/s1. The quantitative estimate of drug-likeness (QED) is 0.806. The van der Waals surface area contributed by atoms with Gasteiger partial charge in [0.25, 0.3) is 0 Å². The van der Waals surface area contributed by atoms with Gasteiger partial charge in [-0.15, -0.1) is 0 Å². The maximum absolute atomic E-state index is 11.8. The third-order valence-corrected chi connectivity index (χ3v) is 5.84. The maximum atomic E-state index is 11.8. The molecule has 2 heterocycles. The number of nitrogens with one attached hydrogen (secondary N) is 1. The van der Waals surface area contributed by atoms with Crippen molar-refractivity contribution < 1.29 is 13.2 Å². The monoisotopic (exact) mass is 288 g/mol. The van der Waals surface area contributed by atoms with Crippen LogP contribution in [0.15, 0.2) is 0 Å². The minimum absolute atomic E-state index is 0.0274. The molecular formula is C13H24N2O3S. The number of nitrogens with zero attached hydrogens (tertiary/aromatic N) is 1. The Morgan fingerprint density at radius 1 is 1.37 bits per heavy atom. The zero-order chi connectivity index (χ0) is 13.9. The van der Waals surface area contributed by atoms with Crippen LogP contribution >= 0.6 is 0 Å². The molecule has 2 aliphatic rings. The third-order valence-electron chi connectivity index (χ3n) is 4.07. The molecule has 19 heavy (non-hydrogen) atoms. The van der Waals surface area contributed by atoms with Crippen LogP contribution < -0.4 is 5.32 Å². The van der Waals surface area contributed by atoms with Crippen molar-refractivity contribution in [1.29, 1.82) is 0 Å². The van der Waals surface area contributed by atoms with Gasteiger partial charge in [0.05, 0.1) is 17.4 Å². The highest BCUT2D eigenvalue weighted by molar-refractivity contribution is 7.91. The van der Waals surface area contributed by atoms with Crippen molar-refractivity contribution in [2.75, 3.05) is 37.7 Å². The fourth-order valence-corrected chi connectivity index (χ4v) is 4.71. The normalized spacial score (nSPS) is 31.2. The van der Waals surface area contributed by atoms with Crippen LogP contribution in [0.4, 0.5) is 0 Å². The highest BCUT2D eigenvalue weighted by atomic mass is 32.2. The first kappa shape index (κ1) is 14.8. The lowest BCUT2D eigenvalue weighted by Crippen LogP contribution is -2.41. The van der Waals surface area contributed by atoms with Crippen LogP contribution in [0.3, 0.4) is 0 Å². The molecule has 1 N–H and O–H groups in total. The molecule has 6 heteroatoms. The van der Waals surface area contributed by atoms with Crippen molar-refractivity contribution in [1.82, 2.24) is 10.2 Å². The van der Waals surface area contributed by atoms with Gasteiger partial charge >= 0.3 is 0 Å². The van der Waals surface area contributed by atoms with E-state index in [4.69, 9.17) is 0 Å². The highest BCUT2D eigenvalue weighted by Crippen LogP contribution is 2.18. The van der Waals surface area contributed by atoms with Crippen LogP contribution in [-0.4, -0.2) is 56.9 Å². The number of carbonyl (C=O) groups is 1. The van der Waals surface area contributed by atoms with Crippen molar-refractivity contribution in [2.24, 2.45) is 11.8 Å². The highest BCUT2D eigenvalue weighted by Gasteiger charge is 2.32. The topological polar surface area (TPSA) is 66.5 Å². The van der Waals surface area contributed by atoms with Gasteiger partial charge in [-0.25, -0.2) is 8.42 Å². The number of amides is 1. The fraction of sp³-hybridized carbons (Fsp3) is 0.923. The Kier molecular flexibility index (Phi) is 4.84. The average Bonchev–Trinajstić information content (AvgIpc) is 2.70. The van der Waals surface area contributed by atoms with E-state index in [0.29, 0.717) is 13.0 Å². The molecule has 0 saturated carbocycles. The van der Waals surface area contributed by atoms with E-state index in [0.717, 1.165) is 25.6 Å². The number of rotatable bonds is 4. The second-order valence-corrected chi connectivity index (χ2v) is 8.17. The summed E-state index contributed by atoms with van der Waals surface area (Å²) in [7, 11) is -2.96. The van der Waals surface area contributed by atoms with Gasteiger partial charge in [-0.05, 0) is 31.7 Å². The largest absolute Gasteiger partial charge is 0.355 e. The molecule has 0 bridgehead atoms. The Morgan fingerprint density at radius 3 is 2.79 bits per heavy atom. The number of hydrogen-bond acceptors (Lipinski definition) is 4. The Labute approximate surface area is 115 Å². The van der Waals surface area contributed by atoms with Crippen molar-refractivity contribution in [3.63, 3.8) is 0 Å². The number of piperidine rings is 1. The van der Waals surface area contributed by atoms with E-state index < -0.39 is 9.84 Å². The van der Waals surface area contributed by atoms with Crippen LogP contribution in [0.5, 0.6) is 0 Å². The Bertz CT molecular complexity index is 422. The van der Waals surface area contributed by atoms with Crippen LogP contribution in [0.25, 0.3) is 0 Å². The van der Waals surface area contributed by atoms with Gasteiger partial charge < -0.3 is 10.2 Å². The molecule has 5 nitrogen and oxygen atoms in total. The summed E-state index contributed by atoms with van der Waals surface area (Å²) in [6.07, 6.45) is 3.01. The summed E-state index contributed by atoms with van der Waals surface area (Å²) in [5.74, 6) is 0.509. The molecule has 110 valence electrons. The molecular weight excluding hydrogens is 264 g/mol. The van der Waals surface area contributed by atoms with E-state index in [1.165, 1.54) is 12.8 Å². The van der Waals surface area contributed by atoms with Gasteiger partial charge in [-0.3, -0.25) is 4.79 Å². The van der Waals surface area contributed by atoms with Crippen molar-refractivity contribution in [3.8, 4) is 0 Å². The first-order valence-corrected chi connectivity index (χ1v) is 8.99. The molecule has 2 saturated heterocycles. The zero-order valence-electron chi connectivity index (χ0n) is 11.6. The van der Waals surface area contributed by atoms with Crippen molar-refractivity contribution in [2.45, 2.75) is 26.2 Å². The van der Waals surface area contributed by atoms with Crippen molar-refractivity contribution >= 4 is 15.7 Å². The Hall–Kier alpha value is -0.620. The summed E-state index contributed by atoms with van der Waals surface area (Å²) < 4.78 is 22.6. The van der Waals surface area contributed by atoms with Gasteiger partial charge in [0.15, 0.2) is 9.84 Å². The van der Waals surface area contributed by atoms with Gasteiger partial charge in [-0.1, -0.05) is 6.92 Å². The molecule has 0 radical (unpaired) electrons. The van der Waals surface area contributed by atoms with E-state index in [2.05, 4.69) is 17.1 Å². The van der Waals surface area contributed by atoms with E-state index >= 15 is 0 Å². The van der Waals surface area contributed by atoms with Crippen molar-refractivity contribution in [3.05, 3.63) is 0 Å². The summed E-state index contributed by atoms with van der Waals surface area (Å²) in [6, 6.07) is 0. The Morgan fingerprint density at radius 2 is 2.16 bits per heavy atom. The van der Waals surface area contributed by atoms with E-state index in [1.807, 2.05) is 0 Å². The predicted octanol–water partition coefficient (Wildman–Crippen LogP) is 0.269. The molecule has 2 rings (SSSR count). The van der Waals surface area contributed by atoms with Gasteiger partial charge in [-0.2, -0.15) is 0 Å². The van der Waals surface area contributed by atoms with Crippen LogP contribution in [0, 0.1) is 11.8 Å². The van der Waals surface area contributed by atoms with E-state index in [1.54, 1.807) is 0 Å². The molecule has 2 atom stereocenters. The number of sulfone groups is 1. The number of likely N-dealkylation sites (tertiary alicyclic amines) is 1. The molecule has 0 aromatic carbocycles. The van der Waals surface area contributed by atoms with E-state index in [9.17, 15) is 13.2 Å². The zero-order valence-corrected chi connectivity index (χ0v) is 12.4. The molecule has 2 fully saturated rings. The Balaban J connectivity index is 1.67. The summed E-state index contributed by atoms with van der Waals surface area (Å²) >= 11 is 0. The molecule has 0 spiro atoms. The SMILES string of the molecule is C[C@H]1CCCN(CCNC(=O)[C@@H]2CCS(=O)(=O)C2)C1.